The van der Waals surface area contributed by atoms with Crippen LogP contribution in [-0.2, 0) is 11.2 Å². The lowest BCUT2D eigenvalue weighted by molar-refractivity contribution is -0.136. The Hall–Kier alpha value is -2.51. The van der Waals surface area contributed by atoms with E-state index in [4.69, 9.17) is 4.52 Å². The topological polar surface area (TPSA) is 62.5 Å². The molecule has 140 valence electrons. The van der Waals surface area contributed by atoms with E-state index in [-0.39, 0.29) is 11.9 Å². The van der Waals surface area contributed by atoms with E-state index in [1.165, 1.54) is 5.56 Å². The molecule has 1 aromatic carbocycles. The minimum absolute atomic E-state index is 0.0850. The predicted molar refractivity (Wildman–Crippen MR) is 104 cm³/mol. The fourth-order valence-corrected chi connectivity index (χ4v) is 4.05. The lowest BCUT2D eigenvalue weighted by atomic mass is 10.0. The molecule has 6 nitrogen and oxygen atoms in total. The molecule has 3 heterocycles. The first-order chi connectivity index (χ1) is 13.2. The number of carbonyl (C=O) groups is 1. The van der Waals surface area contributed by atoms with Crippen molar-refractivity contribution in [2.75, 3.05) is 26.7 Å². The third kappa shape index (κ3) is 4.09. The molecule has 1 aliphatic heterocycles. The first kappa shape index (κ1) is 17.9. The SMILES string of the molecule is CN1CCN(C(=O)CCc2nc(-c3cccs3)no2)C(c2ccccc2)C1. The van der Waals surface area contributed by atoms with Crippen molar-refractivity contribution in [3.8, 4) is 10.7 Å². The van der Waals surface area contributed by atoms with E-state index < -0.39 is 0 Å². The van der Waals surface area contributed by atoms with Crippen LogP contribution in [0.25, 0.3) is 10.7 Å². The van der Waals surface area contributed by atoms with Crippen molar-refractivity contribution >= 4 is 17.2 Å². The summed E-state index contributed by atoms with van der Waals surface area (Å²) in [5.41, 5.74) is 1.18. The van der Waals surface area contributed by atoms with Gasteiger partial charge in [-0.25, -0.2) is 0 Å². The average molecular weight is 382 g/mol. The Morgan fingerprint density at radius 1 is 1.22 bits per heavy atom. The maximum atomic E-state index is 12.9. The first-order valence-electron chi connectivity index (χ1n) is 9.10. The number of carbonyl (C=O) groups excluding carboxylic acids is 1. The van der Waals surface area contributed by atoms with Gasteiger partial charge in [0.05, 0.1) is 10.9 Å². The minimum Gasteiger partial charge on any atom is -0.339 e. The monoisotopic (exact) mass is 382 g/mol. The number of hydrogen-bond donors (Lipinski definition) is 0. The van der Waals surface area contributed by atoms with Crippen LogP contribution in [0.3, 0.4) is 0 Å². The van der Waals surface area contributed by atoms with Crippen molar-refractivity contribution in [3.63, 3.8) is 0 Å². The lowest BCUT2D eigenvalue weighted by Crippen LogP contribution is -2.49. The summed E-state index contributed by atoms with van der Waals surface area (Å²) in [6.45, 7) is 2.47. The number of aromatic nitrogens is 2. The van der Waals surface area contributed by atoms with Gasteiger partial charge in [-0.1, -0.05) is 41.6 Å². The van der Waals surface area contributed by atoms with Gasteiger partial charge >= 0.3 is 0 Å². The molecule has 4 rings (SSSR count). The van der Waals surface area contributed by atoms with Crippen LogP contribution in [0, 0.1) is 0 Å². The standard InChI is InChI=1S/C20H22N4O2S/c1-23-11-12-24(16(14-23)15-6-3-2-4-7-15)19(25)10-9-18-21-20(22-26-18)17-8-5-13-27-17/h2-8,13,16H,9-12,14H2,1H3. The Kier molecular flexibility index (Phi) is 5.31. The van der Waals surface area contributed by atoms with Crippen molar-refractivity contribution in [2.24, 2.45) is 0 Å². The van der Waals surface area contributed by atoms with Gasteiger partial charge in [-0.15, -0.1) is 11.3 Å². The van der Waals surface area contributed by atoms with E-state index >= 15 is 0 Å². The van der Waals surface area contributed by atoms with Crippen molar-refractivity contribution < 1.29 is 9.32 Å². The molecular formula is C20H22N4O2S. The van der Waals surface area contributed by atoms with Crippen LogP contribution in [0.2, 0.25) is 0 Å². The van der Waals surface area contributed by atoms with Crippen LogP contribution in [0.4, 0.5) is 0 Å². The van der Waals surface area contributed by atoms with Crippen LogP contribution in [-0.4, -0.2) is 52.5 Å². The van der Waals surface area contributed by atoms with Crippen molar-refractivity contribution in [1.82, 2.24) is 19.9 Å². The van der Waals surface area contributed by atoms with Gasteiger partial charge in [0.2, 0.25) is 17.6 Å². The molecule has 1 fully saturated rings. The highest BCUT2D eigenvalue weighted by Crippen LogP contribution is 2.26. The van der Waals surface area contributed by atoms with E-state index in [0.717, 1.165) is 24.5 Å². The molecular weight excluding hydrogens is 360 g/mol. The summed E-state index contributed by atoms with van der Waals surface area (Å²) in [5.74, 6) is 1.24. The number of hydrogen-bond acceptors (Lipinski definition) is 6. The molecule has 1 unspecified atom stereocenters. The molecule has 1 amide bonds. The number of aryl methyl sites for hydroxylation is 1. The Labute approximate surface area is 162 Å². The fourth-order valence-electron chi connectivity index (χ4n) is 3.40. The summed E-state index contributed by atoms with van der Waals surface area (Å²) in [7, 11) is 2.10. The van der Waals surface area contributed by atoms with Gasteiger partial charge in [-0.2, -0.15) is 4.98 Å². The highest BCUT2D eigenvalue weighted by molar-refractivity contribution is 7.13. The summed E-state index contributed by atoms with van der Waals surface area (Å²) < 4.78 is 5.32. The van der Waals surface area contributed by atoms with E-state index in [1.54, 1.807) is 11.3 Å². The molecule has 0 radical (unpaired) electrons. The van der Waals surface area contributed by atoms with Crippen LogP contribution in [0.1, 0.15) is 23.9 Å². The third-order valence-electron chi connectivity index (χ3n) is 4.85. The summed E-state index contributed by atoms with van der Waals surface area (Å²) in [6, 6.07) is 14.2. The first-order valence-corrected chi connectivity index (χ1v) is 9.98. The largest absolute Gasteiger partial charge is 0.339 e. The van der Waals surface area contributed by atoms with Gasteiger partial charge in [-0.3, -0.25) is 4.79 Å². The molecule has 0 spiro atoms. The molecule has 3 aromatic rings. The zero-order valence-electron chi connectivity index (χ0n) is 15.2. The smallest absolute Gasteiger partial charge is 0.227 e. The maximum absolute atomic E-state index is 12.9. The number of thiophene rings is 1. The number of piperazine rings is 1. The van der Waals surface area contributed by atoms with Crippen molar-refractivity contribution in [2.45, 2.75) is 18.9 Å². The highest BCUT2D eigenvalue weighted by atomic mass is 32.1. The lowest BCUT2D eigenvalue weighted by Gasteiger charge is -2.40. The Morgan fingerprint density at radius 2 is 2.07 bits per heavy atom. The average Bonchev–Trinajstić information content (AvgIpc) is 3.38. The van der Waals surface area contributed by atoms with Crippen LogP contribution >= 0.6 is 11.3 Å². The van der Waals surface area contributed by atoms with Crippen molar-refractivity contribution in [1.29, 1.82) is 0 Å². The molecule has 0 N–H and O–H groups in total. The van der Waals surface area contributed by atoms with Gasteiger partial charge in [0.15, 0.2) is 0 Å². The second kappa shape index (κ2) is 8.02. The number of benzene rings is 1. The number of nitrogens with zero attached hydrogens (tertiary/aromatic N) is 4. The van der Waals surface area contributed by atoms with Gasteiger partial charge in [0.1, 0.15) is 0 Å². The molecule has 2 aromatic heterocycles. The van der Waals surface area contributed by atoms with E-state index in [9.17, 15) is 4.79 Å². The molecule has 0 saturated carbocycles. The number of likely N-dealkylation sites (N-methyl/N-ethyl adjacent to an activating group) is 1. The summed E-state index contributed by atoms with van der Waals surface area (Å²) in [5, 5.41) is 5.99. The van der Waals surface area contributed by atoms with Gasteiger partial charge in [0.25, 0.3) is 0 Å². The predicted octanol–water partition coefficient (Wildman–Crippen LogP) is 3.25. The Morgan fingerprint density at radius 3 is 2.85 bits per heavy atom. The van der Waals surface area contributed by atoms with E-state index in [1.807, 2.05) is 40.6 Å². The molecule has 0 bridgehead atoms. The Balaban J connectivity index is 1.42. The van der Waals surface area contributed by atoms with Crippen LogP contribution in [0.5, 0.6) is 0 Å². The number of rotatable bonds is 5. The third-order valence-corrected chi connectivity index (χ3v) is 5.72. The molecule has 27 heavy (non-hydrogen) atoms. The van der Waals surface area contributed by atoms with E-state index in [2.05, 4.69) is 34.2 Å². The second-order valence-electron chi connectivity index (χ2n) is 6.76. The summed E-state index contributed by atoms with van der Waals surface area (Å²) in [6.07, 6.45) is 0.837. The zero-order chi connectivity index (χ0) is 18.6. The summed E-state index contributed by atoms with van der Waals surface area (Å²) >= 11 is 1.57. The van der Waals surface area contributed by atoms with Gasteiger partial charge in [0, 0.05) is 32.5 Å². The fraction of sp³-hybridized carbons (Fsp3) is 0.350. The molecule has 0 aliphatic carbocycles. The number of amides is 1. The normalized spacial score (nSPS) is 18.0. The van der Waals surface area contributed by atoms with Gasteiger partial charge in [-0.05, 0) is 24.1 Å². The quantitative estimate of drug-likeness (QED) is 0.678. The summed E-state index contributed by atoms with van der Waals surface area (Å²) in [4.78, 5) is 22.6. The molecule has 7 heteroatoms. The highest BCUT2D eigenvalue weighted by Gasteiger charge is 2.30. The van der Waals surface area contributed by atoms with E-state index in [0.29, 0.717) is 24.6 Å². The van der Waals surface area contributed by atoms with Crippen molar-refractivity contribution in [3.05, 3.63) is 59.3 Å². The zero-order valence-corrected chi connectivity index (χ0v) is 16.1. The molecule has 1 aliphatic rings. The second-order valence-corrected chi connectivity index (χ2v) is 7.71. The molecule has 1 saturated heterocycles. The molecule has 1 atom stereocenters. The van der Waals surface area contributed by atoms with Gasteiger partial charge < -0.3 is 14.3 Å². The Bertz CT molecular complexity index is 879. The maximum Gasteiger partial charge on any atom is 0.227 e. The minimum atomic E-state index is 0.0850. The van der Waals surface area contributed by atoms with Crippen LogP contribution < -0.4 is 0 Å². The van der Waals surface area contributed by atoms with Crippen LogP contribution in [0.15, 0.2) is 52.4 Å².